The number of carbonyl (C=O) groups excluding carboxylic acids is 1. The molecule has 0 bridgehead atoms. The zero-order valence-electron chi connectivity index (χ0n) is 8.05. The van der Waals surface area contributed by atoms with Crippen LogP contribution in [0.4, 0.5) is 13.2 Å². The van der Waals surface area contributed by atoms with Crippen LogP contribution in [-0.4, -0.2) is 17.7 Å². The van der Waals surface area contributed by atoms with Gasteiger partial charge in [-0.05, 0) is 11.6 Å². The fraction of sp³-hybridized carbons (Fsp3) is 0.300. The molecule has 0 aliphatic heterocycles. The number of benzene rings is 1. The van der Waals surface area contributed by atoms with Gasteiger partial charge in [-0.15, -0.1) is 0 Å². The van der Waals surface area contributed by atoms with Crippen LogP contribution >= 0.6 is 15.9 Å². The van der Waals surface area contributed by atoms with E-state index in [1.54, 1.807) is 0 Å². The van der Waals surface area contributed by atoms with Crippen LogP contribution in [0.5, 0.6) is 5.75 Å². The van der Waals surface area contributed by atoms with Crippen molar-refractivity contribution in [3.8, 4) is 5.75 Å². The molecule has 0 aliphatic rings. The van der Waals surface area contributed by atoms with Gasteiger partial charge in [0.05, 0.1) is 5.33 Å². The lowest BCUT2D eigenvalue weighted by Gasteiger charge is -2.06. The Balaban J connectivity index is 2.79. The van der Waals surface area contributed by atoms with E-state index in [-0.39, 0.29) is 28.8 Å². The first kappa shape index (κ1) is 13.0. The molecular formula is C10H8BrF3O2. The van der Waals surface area contributed by atoms with Crippen molar-refractivity contribution >= 4 is 21.7 Å². The summed E-state index contributed by atoms with van der Waals surface area (Å²) in [5, 5.41) is 0.127. The smallest absolute Gasteiger partial charge is 0.387 e. The van der Waals surface area contributed by atoms with Gasteiger partial charge in [-0.25, -0.2) is 4.39 Å². The third-order valence-corrected chi connectivity index (χ3v) is 2.41. The van der Waals surface area contributed by atoms with Crippen LogP contribution in [0.25, 0.3) is 0 Å². The van der Waals surface area contributed by atoms with Crippen LogP contribution in [0.15, 0.2) is 18.2 Å². The predicted molar refractivity (Wildman–Crippen MR) is 55.5 cm³/mol. The van der Waals surface area contributed by atoms with Gasteiger partial charge in [0.2, 0.25) is 0 Å². The SMILES string of the molecule is O=C(CBr)Cc1ccc(OC(F)F)cc1F. The summed E-state index contributed by atoms with van der Waals surface area (Å²) in [5.41, 5.74) is 0.158. The number of hydrogen-bond acceptors (Lipinski definition) is 2. The van der Waals surface area contributed by atoms with Crippen molar-refractivity contribution in [1.29, 1.82) is 0 Å². The van der Waals surface area contributed by atoms with Gasteiger partial charge in [-0.1, -0.05) is 22.0 Å². The summed E-state index contributed by atoms with van der Waals surface area (Å²) < 4.78 is 40.9. The Labute approximate surface area is 98.5 Å². The summed E-state index contributed by atoms with van der Waals surface area (Å²) in [6.07, 6.45) is -0.0773. The Kier molecular flexibility index (Phi) is 4.79. The summed E-state index contributed by atoms with van der Waals surface area (Å²) in [6.45, 7) is -2.99. The first-order chi connectivity index (χ1) is 7.52. The number of carbonyl (C=O) groups is 1. The van der Waals surface area contributed by atoms with Gasteiger partial charge < -0.3 is 4.74 Å². The highest BCUT2D eigenvalue weighted by molar-refractivity contribution is 9.09. The number of ether oxygens (including phenoxy) is 1. The van der Waals surface area contributed by atoms with Gasteiger partial charge in [0.1, 0.15) is 17.3 Å². The molecule has 0 heterocycles. The lowest BCUT2D eigenvalue weighted by atomic mass is 10.1. The second-order valence-corrected chi connectivity index (χ2v) is 3.54. The summed E-state index contributed by atoms with van der Waals surface area (Å²) in [4.78, 5) is 11.0. The predicted octanol–water partition coefficient (Wildman–Crippen LogP) is 2.93. The molecule has 0 saturated heterocycles. The van der Waals surface area contributed by atoms with E-state index in [0.717, 1.165) is 6.07 Å². The Bertz CT molecular complexity index is 382. The molecule has 6 heteroatoms. The highest BCUT2D eigenvalue weighted by Gasteiger charge is 2.10. The van der Waals surface area contributed by atoms with Crippen LogP contribution in [0.2, 0.25) is 0 Å². The molecule has 0 radical (unpaired) electrons. The van der Waals surface area contributed by atoms with Crippen molar-refractivity contribution in [2.24, 2.45) is 0 Å². The van der Waals surface area contributed by atoms with Crippen molar-refractivity contribution in [1.82, 2.24) is 0 Å². The number of halogens is 4. The van der Waals surface area contributed by atoms with E-state index >= 15 is 0 Å². The summed E-state index contributed by atoms with van der Waals surface area (Å²) in [6, 6.07) is 3.29. The van der Waals surface area contributed by atoms with Crippen LogP contribution < -0.4 is 4.74 Å². The fourth-order valence-corrected chi connectivity index (χ4v) is 1.31. The minimum Gasteiger partial charge on any atom is -0.435 e. The maximum Gasteiger partial charge on any atom is 0.387 e. The largest absolute Gasteiger partial charge is 0.435 e. The lowest BCUT2D eigenvalue weighted by Crippen LogP contribution is -2.06. The quantitative estimate of drug-likeness (QED) is 0.781. The summed E-state index contributed by atoms with van der Waals surface area (Å²) in [5.74, 6) is -1.18. The monoisotopic (exact) mass is 296 g/mol. The van der Waals surface area contributed by atoms with E-state index in [4.69, 9.17) is 0 Å². The standard InChI is InChI=1S/C10H8BrF3O2/c11-5-7(15)3-6-1-2-8(4-9(6)12)16-10(13)14/h1-2,4,10H,3,5H2. The number of alkyl halides is 3. The number of Topliss-reactive ketones (excluding diaryl/α,β-unsaturated/α-hetero) is 1. The Hall–Kier alpha value is -1.04. The van der Waals surface area contributed by atoms with Gasteiger partial charge in [-0.2, -0.15) is 8.78 Å². The van der Waals surface area contributed by atoms with E-state index in [2.05, 4.69) is 20.7 Å². The second-order valence-electron chi connectivity index (χ2n) is 2.98. The first-order valence-corrected chi connectivity index (χ1v) is 5.46. The van der Waals surface area contributed by atoms with Crippen molar-refractivity contribution in [2.45, 2.75) is 13.0 Å². The zero-order chi connectivity index (χ0) is 12.1. The molecule has 0 atom stereocenters. The highest BCUT2D eigenvalue weighted by atomic mass is 79.9. The van der Waals surface area contributed by atoms with Crippen LogP contribution in [-0.2, 0) is 11.2 Å². The maximum absolute atomic E-state index is 13.3. The second kappa shape index (κ2) is 5.89. The van der Waals surface area contributed by atoms with Gasteiger partial charge in [-0.3, -0.25) is 4.79 Å². The molecule has 2 nitrogen and oxygen atoms in total. The molecule has 0 saturated carbocycles. The average molecular weight is 297 g/mol. The zero-order valence-corrected chi connectivity index (χ0v) is 9.64. The Morgan fingerprint density at radius 3 is 2.62 bits per heavy atom. The normalized spacial score (nSPS) is 10.6. The lowest BCUT2D eigenvalue weighted by molar-refractivity contribution is -0.115. The van der Waals surface area contributed by atoms with Crippen molar-refractivity contribution in [3.05, 3.63) is 29.6 Å². The molecular weight excluding hydrogens is 289 g/mol. The molecule has 0 amide bonds. The highest BCUT2D eigenvalue weighted by Crippen LogP contribution is 2.19. The number of hydrogen-bond donors (Lipinski definition) is 0. The molecule has 0 aromatic heterocycles. The van der Waals surface area contributed by atoms with E-state index < -0.39 is 12.4 Å². The van der Waals surface area contributed by atoms with Gasteiger partial charge in [0.15, 0.2) is 0 Å². The summed E-state index contributed by atoms with van der Waals surface area (Å²) >= 11 is 2.95. The van der Waals surface area contributed by atoms with E-state index in [0.29, 0.717) is 0 Å². The van der Waals surface area contributed by atoms with E-state index in [1.165, 1.54) is 12.1 Å². The molecule has 0 aliphatic carbocycles. The minimum absolute atomic E-state index is 0.0773. The molecule has 0 spiro atoms. The molecule has 16 heavy (non-hydrogen) atoms. The molecule has 88 valence electrons. The first-order valence-electron chi connectivity index (χ1n) is 4.34. The molecule has 0 unspecified atom stereocenters. The molecule has 1 rings (SSSR count). The van der Waals surface area contributed by atoms with Crippen LogP contribution in [0, 0.1) is 5.82 Å². The third-order valence-electron chi connectivity index (χ3n) is 1.79. The molecule has 1 aromatic carbocycles. The van der Waals surface area contributed by atoms with Gasteiger partial charge >= 0.3 is 6.61 Å². The molecule has 1 aromatic rings. The van der Waals surface area contributed by atoms with Crippen molar-refractivity contribution in [3.63, 3.8) is 0 Å². The number of ketones is 1. The van der Waals surface area contributed by atoms with Gasteiger partial charge in [0, 0.05) is 12.5 Å². The molecule has 0 fully saturated rings. The Morgan fingerprint density at radius 1 is 1.44 bits per heavy atom. The van der Waals surface area contributed by atoms with E-state index in [1.807, 2.05) is 0 Å². The number of rotatable bonds is 5. The van der Waals surface area contributed by atoms with Crippen LogP contribution in [0.3, 0.4) is 0 Å². The fourth-order valence-electron chi connectivity index (χ4n) is 1.11. The topological polar surface area (TPSA) is 26.3 Å². The minimum atomic E-state index is -2.99. The van der Waals surface area contributed by atoms with E-state index in [9.17, 15) is 18.0 Å². The van der Waals surface area contributed by atoms with Crippen LogP contribution in [0.1, 0.15) is 5.56 Å². The average Bonchev–Trinajstić information content (AvgIpc) is 2.21. The van der Waals surface area contributed by atoms with Crippen molar-refractivity contribution in [2.75, 3.05) is 5.33 Å². The maximum atomic E-state index is 13.3. The van der Waals surface area contributed by atoms with Crippen molar-refractivity contribution < 1.29 is 22.7 Å². The molecule has 0 N–H and O–H groups in total. The Morgan fingerprint density at radius 2 is 2.12 bits per heavy atom. The third kappa shape index (κ3) is 3.84. The van der Waals surface area contributed by atoms with Gasteiger partial charge in [0.25, 0.3) is 0 Å². The summed E-state index contributed by atoms with van der Waals surface area (Å²) in [7, 11) is 0.